The lowest BCUT2D eigenvalue weighted by molar-refractivity contribution is 0.229. The van der Waals surface area contributed by atoms with E-state index in [1.54, 1.807) is 18.2 Å². The molecule has 0 bridgehead atoms. The van der Waals surface area contributed by atoms with E-state index in [4.69, 9.17) is 33.5 Å². The Kier molecular flexibility index (Phi) is 2.81. The molecule has 94 valence electrons. The van der Waals surface area contributed by atoms with Gasteiger partial charge in [-0.3, -0.25) is 0 Å². The van der Waals surface area contributed by atoms with Gasteiger partial charge in [0.2, 0.25) is 0 Å². The minimum atomic E-state index is -0.419. The fourth-order valence-electron chi connectivity index (χ4n) is 1.95. The van der Waals surface area contributed by atoms with Crippen LogP contribution in [-0.2, 0) is 5.54 Å². The highest BCUT2D eigenvalue weighted by Gasteiger charge is 2.39. The fraction of sp³-hybridized carbons (Fsp3) is 0.333. The second-order valence-electron chi connectivity index (χ2n) is 4.56. The summed E-state index contributed by atoms with van der Waals surface area (Å²) in [5.74, 6) is 0.982. The summed E-state index contributed by atoms with van der Waals surface area (Å²) in [6, 6.07) is 5.19. The molecular formula is C12H11Cl2N3O. The largest absolute Gasteiger partial charge is 0.334 e. The molecule has 1 aromatic carbocycles. The van der Waals surface area contributed by atoms with E-state index in [1.807, 2.05) is 0 Å². The van der Waals surface area contributed by atoms with Gasteiger partial charge in [-0.15, -0.1) is 0 Å². The van der Waals surface area contributed by atoms with Gasteiger partial charge in [-0.1, -0.05) is 28.4 Å². The van der Waals surface area contributed by atoms with Crippen LogP contribution in [-0.4, -0.2) is 10.1 Å². The SMILES string of the molecule is NC1(c2noc(-c3ccc(Cl)c(Cl)c3)n2)CCC1. The molecule has 1 saturated carbocycles. The molecule has 1 fully saturated rings. The van der Waals surface area contributed by atoms with E-state index in [-0.39, 0.29) is 0 Å². The summed E-state index contributed by atoms with van der Waals surface area (Å²) < 4.78 is 5.22. The third-order valence-corrected chi connectivity index (χ3v) is 4.02. The van der Waals surface area contributed by atoms with Gasteiger partial charge in [-0.2, -0.15) is 4.98 Å². The summed E-state index contributed by atoms with van der Waals surface area (Å²) in [7, 11) is 0. The van der Waals surface area contributed by atoms with Crippen molar-refractivity contribution in [3.63, 3.8) is 0 Å². The third kappa shape index (κ3) is 1.90. The summed E-state index contributed by atoms with van der Waals surface area (Å²) >= 11 is 11.8. The van der Waals surface area contributed by atoms with Gasteiger partial charge in [0, 0.05) is 5.56 Å². The van der Waals surface area contributed by atoms with Crippen LogP contribution in [0.4, 0.5) is 0 Å². The van der Waals surface area contributed by atoms with E-state index in [0.29, 0.717) is 21.8 Å². The summed E-state index contributed by atoms with van der Waals surface area (Å²) in [5.41, 5.74) is 6.46. The van der Waals surface area contributed by atoms with Crippen molar-refractivity contribution in [1.29, 1.82) is 0 Å². The number of benzene rings is 1. The minimum absolute atomic E-state index is 0.417. The average molecular weight is 284 g/mol. The maximum absolute atomic E-state index is 6.14. The molecule has 1 aliphatic carbocycles. The molecule has 3 rings (SSSR count). The zero-order valence-electron chi connectivity index (χ0n) is 9.49. The molecule has 2 N–H and O–H groups in total. The Morgan fingerprint density at radius 3 is 2.61 bits per heavy atom. The molecule has 0 saturated heterocycles. The van der Waals surface area contributed by atoms with Crippen LogP contribution in [0.3, 0.4) is 0 Å². The van der Waals surface area contributed by atoms with Crippen molar-refractivity contribution < 1.29 is 4.52 Å². The normalized spacial score (nSPS) is 17.5. The molecule has 1 aliphatic rings. The molecule has 0 atom stereocenters. The lowest BCUT2D eigenvalue weighted by atomic mass is 9.77. The van der Waals surface area contributed by atoms with Crippen molar-refractivity contribution in [2.45, 2.75) is 24.8 Å². The lowest BCUT2D eigenvalue weighted by Gasteiger charge is -2.34. The summed E-state index contributed by atoms with van der Waals surface area (Å²) in [4.78, 5) is 4.34. The van der Waals surface area contributed by atoms with Crippen LogP contribution in [0.5, 0.6) is 0 Å². The number of hydrogen-bond acceptors (Lipinski definition) is 4. The van der Waals surface area contributed by atoms with Crippen LogP contribution >= 0.6 is 23.2 Å². The number of nitrogens with two attached hydrogens (primary N) is 1. The molecule has 1 aromatic heterocycles. The zero-order valence-corrected chi connectivity index (χ0v) is 11.0. The first kappa shape index (κ1) is 12.0. The number of nitrogens with zero attached hydrogens (tertiary/aromatic N) is 2. The van der Waals surface area contributed by atoms with Crippen molar-refractivity contribution in [2.24, 2.45) is 5.73 Å². The Bertz CT molecular complexity index is 593. The Balaban J connectivity index is 1.95. The molecular weight excluding hydrogens is 273 g/mol. The highest BCUT2D eigenvalue weighted by Crippen LogP contribution is 2.38. The van der Waals surface area contributed by atoms with Crippen LogP contribution in [0.15, 0.2) is 22.7 Å². The quantitative estimate of drug-likeness (QED) is 0.918. The zero-order chi connectivity index (χ0) is 12.8. The first-order valence-corrected chi connectivity index (χ1v) is 6.43. The van der Waals surface area contributed by atoms with Crippen molar-refractivity contribution in [2.75, 3.05) is 0 Å². The van der Waals surface area contributed by atoms with Gasteiger partial charge < -0.3 is 10.3 Å². The summed E-state index contributed by atoms with van der Waals surface area (Å²) in [6.45, 7) is 0. The molecule has 4 nitrogen and oxygen atoms in total. The Morgan fingerprint density at radius 1 is 1.22 bits per heavy atom. The molecule has 1 heterocycles. The Hall–Kier alpha value is -1.10. The average Bonchev–Trinajstić information content (AvgIpc) is 2.79. The second-order valence-corrected chi connectivity index (χ2v) is 5.38. The van der Waals surface area contributed by atoms with Gasteiger partial charge in [0.15, 0.2) is 5.82 Å². The maximum atomic E-state index is 6.14. The Labute approximate surface area is 114 Å². The first-order valence-electron chi connectivity index (χ1n) is 5.67. The van der Waals surface area contributed by atoms with Gasteiger partial charge in [-0.05, 0) is 37.5 Å². The predicted molar refractivity (Wildman–Crippen MR) is 69.5 cm³/mol. The van der Waals surface area contributed by atoms with E-state index < -0.39 is 5.54 Å². The van der Waals surface area contributed by atoms with Crippen LogP contribution < -0.4 is 5.73 Å². The Morgan fingerprint density at radius 2 is 2.00 bits per heavy atom. The third-order valence-electron chi connectivity index (χ3n) is 3.28. The van der Waals surface area contributed by atoms with Crippen molar-refractivity contribution >= 4 is 23.2 Å². The van der Waals surface area contributed by atoms with Crippen LogP contribution in [0.1, 0.15) is 25.1 Å². The number of halogens is 2. The molecule has 0 spiro atoms. The van der Waals surface area contributed by atoms with Crippen LogP contribution in [0, 0.1) is 0 Å². The predicted octanol–water partition coefficient (Wildman–Crippen LogP) is 3.38. The molecule has 0 amide bonds. The van der Waals surface area contributed by atoms with Gasteiger partial charge in [0.25, 0.3) is 5.89 Å². The van der Waals surface area contributed by atoms with Gasteiger partial charge >= 0.3 is 0 Å². The number of rotatable bonds is 2. The summed E-state index contributed by atoms with van der Waals surface area (Å²) in [6.07, 6.45) is 2.90. The van der Waals surface area contributed by atoms with Crippen LogP contribution in [0.25, 0.3) is 11.5 Å². The smallest absolute Gasteiger partial charge is 0.258 e. The standard InChI is InChI=1S/C12H11Cl2N3O/c13-8-3-2-7(6-9(8)14)10-16-11(17-18-10)12(15)4-1-5-12/h2-3,6H,1,4-5,15H2. The molecule has 0 aliphatic heterocycles. The van der Waals surface area contributed by atoms with E-state index in [9.17, 15) is 0 Å². The lowest BCUT2D eigenvalue weighted by Crippen LogP contribution is -2.44. The van der Waals surface area contributed by atoms with Gasteiger partial charge in [0.05, 0.1) is 15.6 Å². The van der Waals surface area contributed by atoms with Gasteiger partial charge in [0.1, 0.15) is 0 Å². The van der Waals surface area contributed by atoms with Gasteiger partial charge in [-0.25, -0.2) is 0 Å². The first-order chi connectivity index (χ1) is 8.58. The molecule has 18 heavy (non-hydrogen) atoms. The highest BCUT2D eigenvalue weighted by molar-refractivity contribution is 6.42. The second kappa shape index (κ2) is 4.23. The molecule has 0 unspecified atom stereocenters. The van der Waals surface area contributed by atoms with Crippen molar-refractivity contribution in [1.82, 2.24) is 10.1 Å². The molecule has 6 heteroatoms. The minimum Gasteiger partial charge on any atom is -0.334 e. The molecule has 0 radical (unpaired) electrons. The van der Waals surface area contributed by atoms with E-state index in [2.05, 4.69) is 10.1 Å². The molecule has 2 aromatic rings. The van der Waals surface area contributed by atoms with E-state index in [0.717, 1.165) is 24.8 Å². The number of aromatic nitrogens is 2. The maximum Gasteiger partial charge on any atom is 0.258 e. The monoisotopic (exact) mass is 283 g/mol. The van der Waals surface area contributed by atoms with Crippen molar-refractivity contribution in [3.8, 4) is 11.5 Å². The number of hydrogen-bond donors (Lipinski definition) is 1. The van der Waals surface area contributed by atoms with Crippen LogP contribution in [0.2, 0.25) is 10.0 Å². The van der Waals surface area contributed by atoms with E-state index >= 15 is 0 Å². The topological polar surface area (TPSA) is 64.9 Å². The van der Waals surface area contributed by atoms with Crippen molar-refractivity contribution in [3.05, 3.63) is 34.1 Å². The summed E-state index contributed by atoms with van der Waals surface area (Å²) in [5, 5.41) is 4.90. The highest BCUT2D eigenvalue weighted by atomic mass is 35.5. The fourth-order valence-corrected chi connectivity index (χ4v) is 2.25. The van der Waals surface area contributed by atoms with E-state index in [1.165, 1.54) is 0 Å².